The van der Waals surface area contributed by atoms with Gasteiger partial charge in [0, 0.05) is 5.75 Å². The van der Waals surface area contributed by atoms with E-state index in [2.05, 4.69) is 13.8 Å². The highest BCUT2D eigenvalue weighted by atomic mass is 33.1. The van der Waals surface area contributed by atoms with Gasteiger partial charge in [-0.25, -0.2) is 4.98 Å². The first kappa shape index (κ1) is 17.1. The predicted octanol–water partition coefficient (Wildman–Crippen LogP) is 5.09. The van der Waals surface area contributed by atoms with E-state index in [0.29, 0.717) is 11.3 Å². The number of nitrogens with zero attached hydrogens (tertiary/aromatic N) is 2. The van der Waals surface area contributed by atoms with Crippen molar-refractivity contribution in [3.8, 4) is 5.69 Å². The van der Waals surface area contributed by atoms with Crippen LogP contribution in [0.3, 0.4) is 0 Å². The average molecular weight is 357 g/mol. The Morgan fingerprint density at radius 2 is 1.92 bits per heavy atom. The van der Waals surface area contributed by atoms with Crippen LogP contribution in [-0.2, 0) is 0 Å². The van der Waals surface area contributed by atoms with Crippen molar-refractivity contribution in [2.45, 2.75) is 25.9 Å². The monoisotopic (exact) mass is 356 g/mol. The van der Waals surface area contributed by atoms with Gasteiger partial charge in [-0.05, 0) is 53.5 Å². The van der Waals surface area contributed by atoms with Gasteiger partial charge in [0.25, 0.3) is 5.56 Å². The van der Waals surface area contributed by atoms with Gasteiger partial charge in [0.05, 0.1) is 16.6 Å². The van der Waals surface area contributed by atoms with Crippen LogP contribution in [0.4, 0.5) is 0 Å². The third-order valence-corrected chi connectivity index (χ3v) is 6.09. The van der Waals surface area contributed by atoms with Crippen molar-refractivity contribution in [1.82, 2.24) is 9.55 Å². The lowest BCUT2D eigenvalue weighted by Gasteiger charge is -2.13. The summed E-state index contributed by atoms with van der Waals surface area (Å²) in [6.07, 6.45) is 0. The van der Waals surface area contributed by atoms with Crippen molar-refractivity contribution >= 4 is 32.5 Å². The standard InChI is InChI=1S/C19H20N2OS2/c1-13(2)12-23-24-19-20-17-10-5-4-9-16(17)18(22)21(19)15-8-6-7-14(3)11-15/h4-11,13H,12H2,1-3H3. The lowest BCUT2D eigenvalue weighted by molar-refractivity contribution is 0.752. The van der Waals surface area contributed by atoms with Crippen molar-refractivity contribution in [3.05, 3.63) is 64.4 Å². The highest BCUT2D eigenvalue weighted by Gasteiger charge is 2.13. The van der Waals surface area contributed by atoms with Gasteiger partial charge in [-0.2, -0.15) is 0 Å². The molecule has 0 aliphatic rings. The Bertz CT molecular complexity index is 919. The summed E-state index contributed by atoms with van der Waals surface area (Å²) >= 11 is 0. The molecule has 0 fully saturated rings. The first-order chi connectivity index (χ1) is 11.6. The second-order valence-corrected chi connectivity index (χ2v) is 8.46. The summed E-state index contributed by atoms with van der Waals surface area (Å²) in [6, 6.07) is 15.5. The van der Waals surface area contributed by atoms with Crippen molar-refractivity contribution in [1.29, 1.82) is 0 Å². The van der Waals surface area contributed by atoms with Crippen LogP contribution in [0.15, 0.2) is 58.5 Å². The van der Waals surface area contributed by atoms with Crippen LogP contribution in [0.2, 0.25) is 0 Å². The fraction of sp³-hybridized carbons (Fsp3) is 0.263. The molecule has 0 N–H and O–H groups in total. The molecule has 0 unspecified atom stereocenters. The summed E-state index contributed by atoms with van der Waals surface area (Å²) in [7, 11) is 3.31. The molecule has 1 aromatic heterocycles. The van der Waals surface area contributed by atoms with Crippen LogP contribution in [0.25, 0.3) is 16.6 Å². The number of aryl methyl sites for hydroxylation is 1. The van der Waals surface area contributed by atoms with Gasteiger partial charge in [0.15, 0.2) is 5.16 Å². The van der Waals surface area contributed by atoms with Crippen molar-refractivity contribution in [3.63, 3.8) is 0 Å². The molecule has 3 rings (SSSR count). The minimum atomic E-state index is -0.0150. The Balaban J connectivity index is 2.16. The van der Waals surface area contributed by atoms with Gasteiger partial charge in [-0.1, -0.05) is 48.9 Å². The molecule has 5 heteroatoms. The molecule has 0 aliphatic carbocycles. The van der Waals surface area contributed by atoms with Crippen LogP contribution in [0.5, 0.6) is 0 Å². The van der Waals surface area contributed by atoms with Crippen LogP contribution >= 0.6 is 21.6 Å². The summed E-state index contributed by atoms with van der Waals surface area (Å²) < 4.78 is 1.73. The Kier molecular flexibility index (Phi) is 5.31. The number of aromatic nitrogens is 2. The van der Waals surface area contributed by atoms with E-state index in [1.165, 1.54) is 0 Å². The second kappa shape index (κ2) is 7.45. The van der Waals surface area contributed by atoms with Gasteiger partial charge in [0.1, 0.15) is 0 Å². The van der Waals surface area contributed by atoms with E-state index >= 15 is 0 Å². The highest BCUT2D eigenvalue weighted by Crippen LogP contribution is 2.32. The van der Waals surface area contributed by atoms with Gasteiger partial charge < -0.3 is 0 Å². The third-order valence-electron chi connectivity index (χ3n) is 3.54. The highest BCUT2D eigenvalue weighted by molar-refractivity contribution is 8.76. The van der Waals surface area contributed by atoms with Crippen molar-refractivity contribution < 1.29 is 0 Å². The van der Waals surface area contributed by atoms with Gasteiger partial charge in [0.2, 0.25) is 0 Å². The van der Waals surface area contributed by atoms with E-state index in [9.17, 15) is 4.79 Å². The van der Waals surface area contributed by atoms with Crippen molar-refractivity contribution in [2.24, 2.45) is 5.92 Å². The molecule has 0 radical (unpaired) electrons. The molecular weight excluding hydrogens is 336 g/mol. The number of para-hydroxylation sites is 1. The topological polar surface area (TPSA) is 34.9 Å². The summed E-state index contributed by atoms with van der Waals surface area (Å²) in [4.78, 5) is 17.8. The van der Waals surface area contributed by atoms with E-state index in [-0.39, 0.29) is 5.56 Å². The van der Waals surface area contributed by atoms with Crippen LogP contribution in [-0.4, -0.2) is 15.3 Å². The molecular formula is C19H20N2OS2. The molecule has 1 heterocycles. The lowest BCUT2D eigenvalue weighted by Crippen LogP contribution is -2.21. The van der Waals surface area contributed by atoms with E-state index < -0.39 is 0 Å². The normalized spacial score (nSPS) is 11.3. The Labute approximate surface area is 149 Å². The number of fused-ring (bicyclic) bond motifs is 1. The summed E-state index contributed by atoms with van der Waals surface area (Å²) in [6.45, 7) is 6.41. The summed E-state index contributed by atoms with van der Waals surface area (Å²) in [5.41, 5.74) is 2.72. The number of rotatable bonds is 5. The largest absolute Gasteiger partial charge is 0.268 e. The molecule has 3 nitrogen and oxygen atoms in total. The van der Waals surface area contributed by atoms with Gasteiger partial charge in [-0.15, -0.1) is 0 Å². The molecule has 0 amide bonds. The zero-order valence-electron chi connectivity index (χ0n) is 14.0. The SMILES string of the molecule is Cc1cccc(-n2c(SSCC(C)C)nc3ccccc3c2=O)c1. The zero-order chi connectivity index (χ0) is 17.1. The molecule has 0 bridgehead atoms. The number of benzene rings is 2. The third kappa shape index (κ3) is 3.68. The van der Waals surface area contributed by atoms with Gasteiger partial charge >= 0.3 is 0 Å². The van der Waals surface area contributed by atoms with Crippen LogP contribution in [0, 0.1) is 12.8 Å². The minimum absolute atomic E-state index is 0.0150. The molecule has 3 aromatic rings. The summed E-state index contributed by atoms with van der Waals surface area (Å²) in [5.74, 6) is 1.61. The molecule has 0 aliphatic heterocycles. The lowest BCUT2D eigenvalue weighted by atomic mass is 10.2. The molecule has 0 saturated heterocycles. The van der Waals surface area contributed by atoms with Crippen LogP contribution in [0.1, 0.15) is 19.4 Å². The zero-order valence-corrected chi connectivity index (χ0v) is 15.7. The Morgan fingerprint density at radius 3 is 2.67 bits per heavy atom. The number of hydrogen-bond acceptors (Lipinski definition) is 4. The Morgan fingerprint density at radius 1 is 1.12 bits per heavy atom. The first-order valence-electron chi connectivity index (χ1n) is 7.94. The minimum Gasteiger partial charge on any atom is -0.268 e. The molecule has 0 spiro atoms. The fourth-order valence-electron chi connectivity index (χ4n) is 2.39. The molecule has 0 atom stereocenters. The maximum Gasteiger partial charge on any atom is 0.266 e. The quantitative estimate of drug-likeness (QED) is 0.471. The number of hydrogen-bond donors (Lipinski definition) is 0. The Hall–Kier alpha value is -1.72. The van der Waals surface area contributed by atoms with E-state index in [1.807, 2.05) is 55.5 Å². The fourth-order valence-corrected chi connectivity index (χ4v) is 4.90. The molecule has 24 heavy (non-hydrogen) atoms. The second-order valence-electron chi connectivity index (χ2n) is 6.15. The smallest absolute Gasteiger partial charge is 0.266 e. The average Bonchev–Trinajstić information content (AvgIpc) is 2.55. The van der Waals surface area contributed by atoms with Crippen LogP contribution < -0.4 is 5.56 Å². The summed E-state index contributed by atoms with van der Waals surface area (Å²) in [5, 5.41) is 1.38. The molecule has 0 saturated carbocycles. The maximum atomic E-state index is 13.1. The molecule has 2 aromatic carbocycles. The van der Waals surface area contributed by atoms with E-state index in [1.54, 1.807) is 26.2 Å². The first-order valence-corrected chi connectivity index (χ1v) is 10.3. The maximum absolute atomic E-state index is 13.1. The van der Waals surface area contributed by atoms with E-state index in [4.69, 9.17) is 4.98 Å². The molecule has 124 valence electrons. The van der Waals surface area contributed by atoms with Gasteiger partial charge in [-0.3, -0.25) is 9.36 Å². The van der Waals surface area contributed by atoms with Crippen molar-refractivity contribution in [2.75, 3.05) is 5.75 Å². The predicted molar refractivity (Wildman–Crippen MR) is 105 cm³/mol. The van der Waals surface area contributed by atoms with E-state index in [0.717, 1.165) is 27.7 Å².